The van der Waals surface area contributed by atoms with Crippen molar-refractivity contribution in [3.63, 3.8) is 0 Å². The number of nitrogens with zero attached hydrogens (tertiary/aromatic N) is 1. The predicted molar refractivity (Wildman–Crippen MR) is 86.8 cm³/mol. The van der Waals surface area contributed by atoms with E-state index in [1.807, 2.05) is 29.2 Å². The van der Waals surface area contributed by atoms with Crippen molar-refractivity contribution >= 4 is 29.0 Å². The Kier molecular flexibility index (Phi) is 2.93. The fourth-order valence-corrected chi connectivity index (χ4v) is 4.48. The van der Waals surface area contributed by atoms with E-state index in [0.29, 0.717) is 5.69 Å². The Labute approximate surface area is 128 Å². The third-order valence-electron chi connectivity index (χ3n) is 4.29. The van der Waals surface area contributed by atoms with Crippen molar-refractivity contribution in [3.8, 4) is 0 Å². The Morgan fingerprint density at radius 1 is 1.19 bits per heavy atom. The van der Waals surface area contributed by atoms with Crippen LogP contribution in [0.5, 0.6) is 0 Å². The van der Waals surface area contributed by atoms with Gasteiger partial charge in [0.05, 0.1) is 17.3 Å². The summed E-state index contributed by atoms with van der Waals surface area (Å²) in [7, 11) is 0. The van der Waals surface area contributed by atoms with E-state index in [2.05, 4.69) is 18.2 Å². The molecule has 1 unspecified atom stereocenters. The summed E-state index contributed by atoms with van der Waals surface area (Å²) in [4.78, 5) is 16.1. The molecule has 0 saturated heterocycles. The molecular weight excluding hydrogens is 280 g/mol. The number of hydrogen-bond donors (Lipinski definition) is 1. The van der Waals surface area contributed by atoms with Gasteiger partial charge in [-0.2, -0.15) is 0 Å². The van der Waals surface area contributed by atoms with Gasteiger partial charge in [0.2, 0.25) is 5.91 Å². The molecule has 2 aromatic rings. The van der Waals surface area contributed by atoms with Gasteiger partial charge in [0, 0.05) is 17.2 Å². The maximum absolute atomic E-state index is 13.0. The minimum atomic E-state index is -0.0447. The highest BCUT2D eigenvalue weighted by atomic mass is 32.2. The average molecular weight is 296 g/mol. The molecule has 0 saturated carbocycles. The summed E-state index contributed by atoms with van der Waals surface area (Å²) in [6.07, 6.45) is 0.896. The van der Waals surface area contributed by atoms with Gasteiger partial charge in [-0.3, -0.25) is 4.79 Å². The SMILES string of the molecule is Nc1cccc2c1N(C(=O)C1CSc3ccccc31)CC2. The molecule has 3 nitrogen and oxygen atoms in total. The summed E-state index contributed by atoms with van der Waals surface area (Å²) >= 11 is 1.77. The number of amides is 1. The summed E-state index contributed by atoms with van der Waals surface area (Å²) in [6.45, 7) is 0.742. The lowest BCUT2D eigenvalue weighted by Crippen LogP contribution is -2.34. The molecule has 1 atom stereocenters. The van der Waals surface area contributed by atoms with Gasteiger partial charge in [0.15, 0.2) is 0 Å². The molecule has 4 heteroatoms. The molecule has 2 aromatic carbocycles. The van der Waals surface area contributed by atoms with Gasteiger partial charge >= 0.3 is 0 Å². The van der Waals surface area contributed by atoms with Gasteiger partial charge < -0.3 is 10.6 Å². The molecule has 2 N–H and O–H groups in total. The van der Waals surface area contributed by atoms with Gasteiger partial charge in [0.25, 0.3) is 0 Å². The number of nitrogens with two attached hydrogens (primary N) is 1. The van der Waals surface area contributed by atoms with Crippen molar-refractivity contribution in [1.82, 2.24) is 0 Å². The second-order valence-electron chi connectivity index (χ2n) is 5.50. The average Bonchev–Trinajstić information content (AvgIpc) is 3.11. The first kappa shape index (κ1) is 12.8. The summed E-state index contributed by atoms with van der Waals surface area (Å²) in [5.41, 5.74) is 10.1. The lowest BCUT2D eigenvalue weighted by atomic mass is 9.99. The standard InChI is InChI=1S/C17H16N2OS/c18-14-6-3-4-11-8-9-19(16(11)14)17(20)13-10-21-15-7-2-1-5-12(13)15/h1-7,13H,8-10,18H2. The van der Waals surface area contributed by atoms with E-state index in [0.717, 1.165) is 30.0 Å². The maximum Gasteiger partial charge on any atom is 0.235 e. The molecule has 21 heavy (non-hydrogen) atoms. The fourth-order valence-electron chi connectivity index (χ4n) is 3.26. The highest BCUT2D eigenvalue weighted by Crippen LogP contribution is 2.42. The van der Waals surface area contributed by atoms with Crippen LogP contribution in [0.2, 0.25) is 0 Å². The molecule has 0 aliphatic carbocycles. The zero-order valence-electron chi connectivity index (χ0n) is 11.6. The number of carbonyl (C=O) groups excluding carboxylic acids is 1. The maximum atomic E-state index is 13.0. The zero-order valence-corrected chi connectivity index (χ0v) is 12.4. The van der Waals surface area contributed by atoms with Crippen LogP contribution in [0.25, 0.3) is 0 Å². The highest BCUT2D eigenvalue weighted by molar-refractivity contribution is 7.99. The van der Waals surface area contributed by atoms with Crippen LogP contribution >= 0.6 is 11.8 Å². The Bertz CT molecular complexity index is 728. The van der Waals surface area contributed by atoms with Crippen LogP contribution < -0.4 is 10.6 Å². The van der Waals surface area contributed by atoms with E-state index in [1.54, 1.807) is 11.8 Å². The molecule has 2 aliphatic heterocycles. The molecule has 4 rings (SSSR count). The molecule has 2 heterocycles. The first-order chi connectivity index (χ1) is 10.3. The Morgan fingerprint density at radius 2 is 2.05 bits per heavy atom. The van der Waals surface area contributed by atoms with Crippen LogP contribution in [0.4, 0.5) is 11.4 Å². The quantitative estimate of drug-likeness (QED) is 0.823. The third-order valence-corrected chi connectivity index (χ3v) is 5.47. The van der Waals surface area contributed by atoms with Crippen LogP contribution in [-0.4, -0.2) is 18.2 Å². The fraction of sp³-hybridized carbons (Fsp3) is 0.235. The first-order valence-corrected chi connectivity index (χ1v) is 8.15. The number of rotatable bonds is 1. The van der Waals surface area contributed by atoms with E-state index in [9.17, 15) is 4.79 Å². The molecule has 0 spiro atoms. The lowest BCUT2D eigenvalue weighted by Gasteiger charge is -2.22. The number of carbonyl (C=O) groups is 1. The van der Waals surface area contributed by atoms with Crippen LogP contribution in [0, 0.1) is 0 Å². The first-order valence-electron chi connectivity index (χ1n) is 7.16. The van der Waals surface area contributed by atoms with Gasteiger partial charge in [0.1, 0.15) is 0 Å². The van der Waals surface area contributed by atoms with E-state index < -0.39 is 0 Å². The summed E-state index contributed by atoms with van der Waals surface area (Å²) in [5, 5.41) is 0. The molecule has 0 aromatic heterocycles. The summed E-state index contributed by atoms with van der Waals surface area (Å²) in [5.74, 6) is 0.970. The van der Waals surface area contributed by atoms with E-state index in [1.165, 1.54) is 10.5 Å². The monoisotopic (exact) mass is 296 g/mol. The molecule has 2 aliphatic rings. The van der Waals surface area contributed by atoms with Crippen LogP contribution in [0.3, 0.4) is 0 Å². The Morgan fingerprint density at radius 3 is 2.95 bits per heavy atom. The van der Waals surface area contributed by atoms with E-state index in [4.69, 9.17) is 5.73 Å². The van der Waals surface area contributed by atoms with Crippen molar-refractivity contribution in [2.75, 3.05) is 22.9 Å². The molecule has 1 amide bonds. The number of fused-ring (bicyclic) bond motifs is 2. The Balaban J connectivity index is 1.70. The van der Waals surface area contributed by atoms with Crippen molar-refractivity contribution < 1.29 is 4.79 Å². The molecule has 0 fully saturated rings. The van der Waals surface area contributed by atoms with Crippen LogP contribution in [-0.2, 0) is 11.2 Å². The summed E-state index contributed by atoms with van der Waals surface area (Å²) in [6, 6.07) is 14.1. The lowest BCUT2D eigenvalue weighted by molar-refractivity contribution is -0.119. The largest absolute Gasteiger partial charge is 0.397 e. The van der Waals surface area contributed by atoms with Crippen molar-refractivity contribution in [1.29, 1.82) is 0 Å². The number of hydrogen-bond acceptors (Lipinski definition) is 3. The van der Waals surface area contributed by atoms with E-state index in [-0.39, 0.29) is 11.8 Å². The van der Waals surface area contributed by atoms with Gasteiger partial charge in [-0.15, -0.1) is 11.8 Å². The third kappa shape index (κ3) is 1.94. The predicted octanol–water partition coefficient (Wildman–Crippen LogP) is 3.05. The van der Waals surface area contributed by atoms with Crippen LogP contribution in [0.1, 0.15) is 17.0 Å². The van der Waals surface area contributed by atoms with Gasteiger partial charge in [-0.05, 0) is 29.7 Å². The van der Waals surface area contributed by atoms with Crippen molar-refractivity contribution in [2.45, 2.75) is 17.2 Å². The zero-order chi connectivity index (χ0) is 14.4. The van der Waals surface area contributed by atoms with Gasteiger partial charge in [-0.25, -0.2) is 0 Å². The van der Waals surface area contributed by atoms with Crippen LogP contribution in [0.15, 0.2) is 47.4 Å². The van der Waals surface area contributed by atoms with E-state index >= 15 is 0 Å². The molecule has 0 radical (unpaired) electrons. The number of nitrogen functional groups attached to an aromatic ring is 1. The smallest absolute Gasteiger partial charge is 0.235 e. The van der Waals surface area contributed by atoms with Crippen molar-refractivity contribution in [2.24, 2.45) is 0 Å². The molecule has 0 bridgehead atoms. The minimum Gasteiger partial charge on any atom is -0.397 e. The van der Waals surface area contributed by atoms with Crippen molar-refractivity contribution in [3.05, 3.63) is 53.6 Å². The van der Waals surface area contributed by atoms with Gasteiger partial charge in [-0.1, -0.05) is 30.3 Å². The normalized spacial score (nSPS) is 19.4. The Hall–Kier alpha value is -1.94. The minimum absolute atomic E-state index is 0.0447. The highest BCUT2D eigenvalue weighted by Gasteiger charge is 2.35. The number of anilines is 2. The number of para-hydroxylation sites is 1. The molecular formula is C17H16N2OS. The number of benzene rings is 2. The second-order valence-corrected chi connectivity index (χ2v) is 6.56. The number of thioether (sulfide) groups is 1. The topological polar surface area (TPSA) is 46.3 Å². The molecule has 106 valence electrons. The second kappa shape index (κ2) is 4.81. The summed E-state index contributed by atoms with van der Waals surface area (Å²) < 4.78 is 0.